The molecular weight excluding hydrogens is 280 g/mol. The Kier molecular flexibility index (Phi) is 3.24. The Balaban J connectivity index is 2.07. The molecule has 0 atom stereocenters. The molecule has 0 amide bonds. The third-order valence-electron chi connectivity index (χ3n) is 2.75. The van der Waals surface area contributed by atoms with Crippen LogP contribution in [0.2, 0.25) is 5.02 Å². The second-order valence-corrected chi connectivity index (χ2v) is 6.16. The van der Waals surface area contributed by atoms with Gasteiger partial charge in [-0.15, -0.1) is 10.2 Å². The van der Waals surface area contributed by atoms with Crippen molar-refractivity contribution in [1.29, 1.82) is 0 Å². The molecule has 0 spiro atoms. The maximum absolute atomic E-state index is 6.20. The summed E-state index contributed by atoms with van der Waals surface area (Å²) >= 11 is 7.71. The Hall–Kier alpha value is -1.46. The van der Waals surface area contributed by atoms with E-state index in [2.05, 4.69) is 29.1 Å². The third-order valence-corrected chi connectivity index (χ3v) is 4.01. The minimum atomic E-state index is 0.526. The zero-order valence-corrected chi connectivity index (χ0v) is 12.2. The van der Waals surface area contributed by atoms with Crippen LogP contribution in [0.15, 0.2) is 24.3 Å². The van der Waals surface area contributed by atoms with Gasteiger partial charge in [-0.3, -0.25) is 0 Å². The number of hydrogen-bond acceptors (Lipinski definition) is 4. The molecular formula is C13H13ClN4S. The lowest BCUT2D eigenvalue weighted by atomic mass is 10.1. The Morgan fingerprint density at radius 1 is 1.26 bits per heavy atom. The molecule has 0 saturated heterocycles. The summed E-state index contributed by atoms with van der Waals surface area (Å²) in [5.41, 5.74) is 0.940. The van der Waals surface area contributed by atoms with E-state index >= 15 is 0 Å². The van der Waals surface area contributed by atoms with Crippen molar-refractivity contribution in [2.75, 3.05) is 0 Å². The van der Waals surface area contributed by atoms with Gasteiger partial charge in [0.1, 0.15) is 5.01 Å². The van der Waals surface area contributed by atoms with E-state index in [1.165, 1.54) is 11.3 Å². The van der Waals surface area contributed by atoms with E-state index in [1.54, 1.807) is 0 Å². The van der Waals surface area contributed by atoms with Gasteiger partial charge in [0.25, 0.3) is 0 Å². The van der Waals surface area contributed by atoms with Crippen molar-refractivity contribution in [3.05, 3.63) is 35.1 Å². The average Bonchev–Trinajstić information content (AvgIpc) is 2.91. The number of nitrogens with zero attached hydrogens (tertiary/aromatic N) is 4. The summed E-state index contributed by atoms with van der Waals surface area (Å²) in [6, 6.07) is 7.71. The fraction of sp³-hybridized carbons (Fsp3) is 0.308. The number of aromatic nitrogens is 4. The van der Waals surface area contributed by atoms with Crippen LogP contribution in [0.25, 0.3) is 15.5 Å². The predicted molar refractivity (Wildman–Crippen MR) is 77.6 cm³/mol. The van der Waals surface area contributed by atoms with Gasteiger partial charge in [0.2, 0.25) is 4.96 Å². The standard InChI is InChI=1S/C13H13ClN4S/c1-8(2)7-11-15-16-13-18(11)17-12(19-13)9-5-3-4-6-10(9)14/h3-6,8H,7H2,1-2H3. The van der Waals surface area contributed by atoms with Crippen molar-refractivity contribution in [3.63, 3.8) is 0 Å². The van der Waals surface area contributed by atoms with Crippen LogP contribution in [0, 0.1) is 5.92 Å². The van der Waals surface area contributed by atoms with Crippen molar-refractivity contribution >= 4 is 27.9 Å². The van der Waals surface area contributed by atoms with E-state index in [-0.39, 0.29) is 0 Å². The van der Waals surface area contributed by atoms with Crippen LogP contribution >= 0.6 is 22.9 Å². The van der Waals surface area contributed by atoms with Crippen LogP contribution in [-0.4, -0.2) is 19.8 Å². The third kappa shape index (κ3) is 2.35. The van der Waals surface area contributed by atoms with Crippen molar-refractivity contribution in [2.24, 2.45) is 5.92 Å². The number of rotatable bonds is 3. The summed E-state index contributed by atoms with van der Waals surface area (Å²) in [5.74, 6) is 1.43. The summed E-state index contributed by atoms with van der Waals surface area (Å²) < 4.78 is 1.82. The molecule has 0 fully saturated rings. The van der Waals surface area contributed by atoms with E-state index in [1.807, 2.05) is 28.8 Å². The molecule has 0 saturated carbocycles. The highest BCUT2D eigenvalue weighted by molar-refractivity contribution is 7.19. The summed E-state index contributed by atoms with van der Waals surface area (Å²) in [7, 11) is 0. The lowest BCUT2D eigenvalue weighted by Gasteiger charge is -2.00. The SMILES string of the molecule is CC(C)Cc1nnc2sc(-c3ccccc3Cl)nn12. The second-order valence-electron chi connectivity index (χ2n) is 4.80. The lowest BCUT2D eigenvalue weighted by Crippen LogP contribution is -2.01. The summed E-state index contributed by atoms with van der Waals surface area (Å²) in [5, 5.41) is 14.5. The summed E-state index contributed by atoms with van der Waals surface area (Å²) in [6.45, 7) is 4.31. The minimum Gasteiger partial charge on any atom is -0.187 e. The number of fused-ring (bicyclic) bond motifs is 1. The normalized spacial score (nSPS) is 11.6. The maximum atomic E-state index is 6.20. The quantitative estimate of drug-likeness (QED) is 0.739. The van der Waals surface area contributed by atoms with Crippen LogP contribution in [0.1, 0.15) is 19.7 Å². The first-order valence-electron chi connectivity index (χ1n) is 6.11. The Morgan fingerprint density at radius 3 is 2.79 bits per heavy atom. The second kappa shape index (κ2) is 4.90. The molecule has 4 nitrogen and oxygen atoms in total. The largest absolute Gasteiger partial charge is 0.234 e. The highest BCUT2D eigenvalue weighted by Gasteiger charge is 2.15. The monoisotopic (exact) mass is 292 g/mol. The van der Waals surface area contributed by atoms with E-state index in [0.717, 1.165) is 27.8 Å². The minimum absolute atomic E-state index is 0.526. The predicted octanol–water partition coefficient (Wildman–Crippen LogP) is 3.70. The van der Waals surface area contributed by atoms with Gasteiger partial charge in [-0.05, 0) is 12.0 Å². The number of benzene rings is 1. The van der Waals surface area contributed by atoms with Gasteiger partial charge in [-0.1, -0.05) is 55.0 Å². The fourth-order valence-corrected chi connectivity index (χ4v) is 3.07. The lowest BCUT2D eigenvalue weighted by molar-refractivity contribution is 0.607. The highest BCUT2D eigenvalue weighted by atomic mass is 35.5. The number of hydrogen-bond donors (Lipinski definition) is 0. The van der Waals surface area contributed by atoms with Crippen LogP contribution in [0.3, 0.4) is 0 Å². The molecule has 1 aromatic carbocycles. The van der Waals surface area contributed by atoms with Gasteiger partial charge < -0.3 is 0 Å². The molecule has 0 aliphatic carbocycles. The molecule has 2 aromatic heterocycles. The molecule has 0 radical (unpaired) electrons. The van der Waals surface area contributed by atoms with E-state index in [9.17, 15) is 0 Å². The molecule has 0 unspecified atom stereocenters. The zero-order chi connectivity index (χ0) is 13.4. The van der Waals surface area contributed by atoms with Crippen molar-refractivity contribution in [2.45, 2.75) is 20.3 Å². The van der Waals surface area contributed by atoms with Crippen molar-refractivity contribution in [1.82, 2.24) is 19.8 Å². The smallest absolute Gasteiger partial charge is 0.187 e. The molecule has 0 bridgehead atoms. The van der Waals surface area contributed by atoms with Gasteiger partial charge in [-0.25, -0.2) is 0 Å². The maximum Gasteiger partial charge on any atom is 0.234 e. The Bertz CT molecular complexity index is 716. The molecule has 19 heavy (non-hydrogen) atoms. The topological polar surface area (TPSA) is 43.1 Å². The zero-order valence-electron chi connectivity index (χ0n) is 10.7. The average molecular weight is 293 g/mol. The highest BCUT2D eigenvalue weighted by Crippen LogP contribution is 2.31. The van der Waals surface area contributed by atoms with Gasteiger partial charge >= 0.3 is 0 Å². The van der Waals surface area contributed by atoms with Crippen LogP contribution in [0.4, 0.5) is 0 Å². The van der Waals surface area contributed by atoms with E-state index in [0.29, 0.717) is 10.9 Å². The Morgan fingerprint density at radius 2 is 2.05 bits per heavy atom. The molecule has 98 valence electrons. The van der Waals surface area contributed by atoms with E-state index in [4.69, 9.17) is 11.6 Å². The Labute approximate surface area is 120 Å². The van der Waals surface area contributed by atoms with Gasteiger partial charge in [0.05, 0.1) is 5.02 Å². The van der Waals surface area contributed by atoms with Crippen LogP contribution < -0.4 is 0 Å². The fourth-order valence-electron chi connectivity index (χ4n) is 1.89. The van der Waals surface area contributed by atoms with Crippen LogP contribution in [0.5, 0.6) is 0 Å². The van der Waals surface area contributed by atoms with Crippen molar-refractivity contribution in [3.8, 4) is 10.6 Å². The first kappa shape index (κ1) is 12.6. The first-order valence-corrected chi connectivity index (χ1v) is 7.30. The van der Waals surface area contributed by atoms with Gasteiger partial charge in [-0.2, -0.15) is 9.61 Å². The van der Waals surface area contributed by atoms with E-state index < -0.39 is 0 Å². The van der Waals surface area contributed by atoms with Gasteiger partial charge in [0, 0.05) is 12.0 Å². The molecule has 3 rings (SSSR count). The first-order chi connectivity index (χ1) is 9.15. The molecule has 6 heteroatoms. The molecule has 3 aromatic rings. The summed E-state index contributed by atoms with van der Waals surface area (Å²) in [6.07, 6.45) is 0.868. The number of halogens is 1. The molecule has 0 N–H and O–H groups in total. The van der Waals surface area contributed by atoms with Crippen LogP contribution in [-0.2, 0) is 6.42 Å². The molecule has 2 heterocycles. The molecule has 0 aliphatic rings. The summed E-state index contributed by atoms with van der Waals surface area (Å²) in [4.78, 5) is 0.811. The van der Waals surface area contributed by atoms with Gasteiger partial charge in [0.15, 0.2) is 5.82 Å². The molecule has 0 aliphatic heterocycles. The van der Waals surface area contributed by atoms with Crippen molar-refractivity contribution < 1.29 is 0 Å².